The van der Waals surface area contributed by atoms with Crippen LogP contribution in [0.4, 0.5) is 0 Å². The second-order valence-corrected chi connectivity index (χ2v) is 6.75. The first-order valence-electron chi connectivity index (χ1n) is 8.56. The maximum atomic E-state index is 12.2. The zero-order chi connectivity index (χ0) is 18.6. The highest BCUT2D eigenvalue weighted by Crippen LogP contribution is 2.30. The van der Waals surface area contributed by atoms with Crippen molar-refractivity contribution in [2.24, 2.45) is 0 Å². The van der Waals surface area contributed by atoms with Gasteiger partial charge in [0.1, 0.15) is 11.3 Å². The molecule has 0 radical (unpaired) electrons. The highest BCUT2D eigenvalue weighted by Gasteiger charge is 2.17. The van der Waals surface area contributed by atoms with Gasteiger partial charge in [-0.2, -0.15) is 0 Å². The number of aryl methyl sites for hydroxylation is 2. The molecule has 6 heteroatoms. The van der Waals surface area contributed by atoms with Crippen LogP contribution in [-0.4, -0.2) is 39.2 Å². The number of quaternary nitrogens is 1. The molecule has 2 N–H and O–H groups in total. The quantitative estimate of drug-likeness (QED) is 0.575. The van der Waals surface area contributed by atoms with Gasteiger partial charge in [-0.25, -0.2) is 4.79 Å². The molecule has 1 aromatic heterocycles. The summed E-state index contributed by atoms with van der Waals surface area (Å²) in [6.45, 7) is 7.06. The number of amides is 1. The van der Waals surface area contributed by atoms with E-state index < -0.39 is 11.7 Å². The molecule has 1 amide bonds. The lowest BCUT2D eigenvalue weighted by Crippen LogP contribution is -3.05. The van der Waals surface area contributed by atoms with Crippen LogP contribution in [0, 0.1) is 13.8 Å². The molecule has 6 nitrogen and oxygen atoms in total. The minimum atomic E-state index is -0.636. The Morgan fingerprint density at radius 3 is 2.68 bits per heavy atom. The summed E-state index contributed by atoms with van der Waals surface area (Å²) in [4.78, 5) is 25.2. The molecule has 0 aliphatic carbocycles. The Morgan fingerprint density at radius 1 is 1.28 bits per heavy atom. The van der Waals surface area contributed by atoms with E-state index in [1.54, 1.807) is 13.0 Å². The third-order valence-corrected chi connectivity index (χ3v) is 3.98. The number of carbonyl (C=O) groups is 1. The van der Waals surface area contributed by atoms with Crippen LogP contribution in [0.3, 0.4) is 0 Å². The van der Waals surface area contributed by atoms with Crippen molar-refractivity contribution in [3.63, 3.8) is 0 Å². The van der Waals surface area contributed by atoms with Crippen LogP contribution in [-0.2, 0) is 4.79 Å². The van der Waals surface area contributed by atoms with Crippen LogP contribution in [0.1, 0.15) is 24.5 Å². The molecule has 0 aliphatic heterocycles. The number of fused-ring (bicyclic) bond motifs is 1. The molecule has 136 valence electrons. The van der Waals surface area contributed by atoms with Crippen molar-refractivity contribution in [3.8, 4) is 5.75 Å². The number of carbonyl (C=O) groups excluding carboxylic acids is 1. The number of rotatable bonds is 7. The van der Waals surface area contributed by atoms with Crippen molar-refractivity contribution in [1.82, 2.24) is 5.32 Å². The standard InChI is InChI=1S/C19H26N2O4/c1-12-9-15(18-13(2)11-17(22)25-16(18)10-12)24-14(3)19(23)20-7-6-8-21(4)5/h9-11,14H,6-8H2,1-5H3,(H,20,23)/p+1/t14-/m0/s1. The van der Waals surface area contributed by atoms with Gasteiger partial charge in [0, 0.05) is 19.0 Å². The zero-order valence-electron chi connectivity index (χ0n) is 15.6. The van der Waals surface area contributed by atoms with E-state index in [4.69, 9.17) is 9.15 Å². The first-order valence-corrected chi connectivity index (χ1v) is 8.56. The summed E-state index contributed by atoms with van der Waals surface area (Å²) < 4.78 is 11.2. The normalized spacial score (nSPS) is 12.4. The average Bonchev–Trinajstić information content (AvgIpc) is 2.49. The molecule has 0 spiro atoms. The molecule has 0 saturated heterocycles. The maximum absolute atomic E-state index is 12.2. The SMILES string of the molecule is Cc1cc(O[C@@H](C)C(=O)NCCC[NH+](C)C)c2c(C)cc(=O)oc2c1. The van der Waals surface area contributed by atoms with Crippen LogP contribution >= 0.6 is 0 Å². The van der Waals surface area contributed by atoms with Gasteiger partial charge in [0.25, 0.3) is 5.91 Å². The van der Waals surface area contributed by atoms with Gasteiger partial charge >= 0.3 is 5.63 Å². The Hall–Kier alpha value is -2.34. The lowest BCUT2D eigenvalue weighted by Gasteiger charge is -2.17. The monoisotopic (exact) mass is 347 g/mol. The van der Waals surface area contributed by atoms with Crippen LogP contribution in [0.25, 0.3) is 11.0 Å². The Labute approximate surface area is 147 Å². The van der Waals surface area contributed by atoms with Crippen molar-refractivity contribution in [2.45, 2.75) is 33.3 Å². The summed E-state index contributed by atoms with van der Waals surface area (Å²) in [5.74, 6) is 0.398. The number of benzene rings is 1. The molecule has 2 aromatic rings. The van der Waals surface area contributed by atoms with E-state index in [9.17, 15) is 9.59 Å². The summed E-state index contributed by atoms with van der Waals surface area (Å²) in [6.07, 6.45) is 0.279. The minimum Gasteiger partial charge on any atom is -0.480 e. The van der Waals surface area contributed by atoms with Crippen LogP contribution in [0.5, 0.6) is 5.75 Å². The van der Waals surface area contributed by atoms with E-state index in [1.807, 2.05) is 19.9 Å². The maximum Gasteiger partial charge on any atom is 0.336 e. The number of hydrogen-bond donors (Lipinski definition) is 2. The topological polar surface area (TPSA) is 73.0 Å². The van der Waals surface area contributed by atoms with Crippen LogP contribution in [0.15, 0.2) is 27.4 Å². The Bertz CT molecular complexity index is 811. The van der Waals surface area contributed by atoms with Gasteiger partial charge in [0.05, 0.1) is 26.0 Å². The summed E-state index contributed by atoms with van der Waals surface area (Å²) in [7, 11) is 4.16. The fourth-order valence-electron chi connectivity index (χ4n) is 2.71. The van der Waals surface area contributed by atoms with Gasteiger partial charge < -0.3 is 19.4 Å². The average molecular weight is 347 g/mol. The number of nitrogens with one attached hydrogen (secondary N) is 2. The summed E-state index contributed by atoms with van der Waals surface area (Å²) in [5, 5.41) is 3.62. The molecule has 0 saturated carbocycles. The molecule has 0 unspecified atom stereocenters. The molecular formula is C19H27N2O4+. The van der Waals surface area contributed by atoms with Gasteiger partial charge in [-0.1, -0.05) is 0 Å². The van der Waals surface area contributed by atoms with Crippen molar-refractivity contribution >= 4 is 16.9 Å². The highest BCUT2D eigenvalue weighted by molar-refractivity contribution is 5.88. The van der Waals surface area contributed by atoms with Crippen molar-refractivity contribution in [1.29, 1.82) is 0 Å². The molecule has 25 heavy (non-hydrogen) atoms. The fraction of sp³-hybridized carbons (Fsp3) is 0.474. The molecule has 1 atom stereocenters. The fourth-order valence-corrected chi connectivity index (χ4v) is 2.71. The van der Waals surface area contributed by atoms with Crippen molar-refractivity contribution in [2.75, 3.05) is 27.2 Å². The second-order valence-electron chi connectivity index (χ2n) is 6.75. The van der Waals surface area contributed by atoms with Crippen LogP contribution in [0.2, 0.25) is 0 Å². The predicted molar refractivity (Wildman–Crippen MR) is 97.4 cm³/mol. The van der Waals surface area contributed by atoms with E-state index in [-0.39, 0.29) is 5.91 Å². The second kappa shape index (κ2) is 8.16. The first kappa shape index (κ1) is 19.0. The molecule has 0 aliphatic rings. The molecular weight excluding hydrogens is 320 g/mol. The lowest BCUT2D eigenvalue weighted by atomic mass is 10.1. The van der Waals surface area contributed by atoms with Crippen LogP contribution < -0.4 is 20.6 Å². The summed E-state index contributed by atoms with van der Waals surface area (Å²) in [5.41, 5.74) is 1.75. The third-order valence-electron chi connectivity index (χ3n) is 3.98. The van der Waals surface area contributed by atoms with E-state index in [2.05, 4.69) is 19.4 Å². The third kappa shape index (κ3) is 5.06. The van der Waals surface area contributed by atoms with E-state index in [0.29, 0.717) is 17.9 Å². The molecule has 0 fully saturated rings. The van der Waals surface area contributed by atoms with E-state index >= 15 is 0 Å². The van der Waals surface area contributed by atoms with E-state index in [1.165, 1.54) is 11.0 Å². The smallest absolute Gasteiger partial charge is 0.336 e. The molecule has 1 heterocycles. The van der Waals surface area contributed by atoms with E-state index in [0.717, 1.165) is 29.5 Å². The molecule has 1 aromatic carbocycles. The van der Waals surface area contributed by atoms with Gasteiger partial charge in [0.2, 0.25) is 0 Å². The van der Waals surface area contributed by atoms with Gasteiger partial charge in [0.15, 0.2) is 6.10 Å². The van der Waals surface area contributed by atoms with Crippen molar-refractivity contribution in [3.05, 3.63) is 39.7 Å². The first-order chi connectivity index (χ1) is 11.8. The Balaban J connectivity index is 2.14. The highest BCUT2D eigenvalue weighted by atomic mass is 16.5. The Morgan fingerprint density at radius 2 is 2.00 bits per heavy atom. The predicted octanol–water partition coefficient (Wildman–Crippen LogP) is 0.828. The molecule has 0 bridgehead atoms. The van der Waals surface area contributed by atoms with Gasteiger partial charge in [-0.3, -0.25) is 4.79 Å². The number of hydrogen-bond acceptors (Lipinski definition) is 4. The van der Waals surface area contributed by atoms with Crippen molar-refractivity contribution < 1.29 is 18.8 Å². The minimum absolute atomic E-state index is 0.154. The largest absolute Gasteiger partial charge is 0.480 e. The number of ether oxygens (including phenoxy) is 1. The lowest BCUT2D eigenvalue weighted by molar-refractivity contribution is -0.858. The van der Waals surface area contributed by atoms with Gasteiger partial charge in [-0.15, -0.1) is 0 Å². The van der Waals surface area contributed by atoms with Gasteiger partial charge in [-0.05, 0) is 44.0 Å². The Kier molecular flexibility index (Phi) is 6.20. The summed E-state index contributed by atoms with van der Waals surface area (Å²) >= 11 is 0. The zero-order valence-corrected chi connectivity index (χ0v) is 15.6. The summed E-state index contributed by atoms with van der Waals surface area (Å²) in [6, 6.07) is 5.08. The molecule has 2 rings (SSSR count).